The van der Waals surface area contributed by atoms with Gasteiger partial charge < -0.3 is 5.11 Å². The van der Waals surface area contributed by atoms with Crippen molar-refractivity contribution < 1.29 is 18.3 Å². The number of sulfone groups is 1. The lowest BCUT2D eigenvalue weighted by atomic mass is 10.2. The fourth-order valence-corrected chi connectivity index (χ4v) is 3.35. The number of carbonyl (C=O) groups is 1. The Labute approximate surface area is 94.8 Å². The molecule has 5 heteroatoms. The number of carboxylic acid groups (broad SMARTS) is 1. The lowest BCUT2D eigenvalue weighted by molar-refractivity contribution is -0.136. The number of benzene rings is 1. The maximum Gasteiger partial charge on any atom is 0.322 e. The molecule has 0 saturated carbocycles. The number of hydrogen-bond donors (Lipinski definition) is 1. The zero-order valence-corrected chi connectivity index (χ0v) is 9.99. The van der Waals surface area contributed by atoms with E-state index in [0.717, 1.165) is 0 Å². The third-order valence-electron chi connectivity index (χ3n) is 2.42. The van der Waals surface area contributed by atoms with E-state index in [1.165, 1.54) is 6.07 Å². The van der Waals surface area contributed by atoms with E-state index in [-0.39, 0.29) is 11.3 Å². The Bertz CT molecular complexity index is 490. The second-order valence-electron chi connectivity index (χ2n) is 3.55. The zero-order valence-electron chi connectivity index (χ0n) is 9.17. The van der Waals surface area contributed by atoms with Gasteiger partial charge >= 0.3 is 5.97 Å². The molecule has 4 nitrogen and oxygen atoms in total. The summed E-state index contributed by atoms with van der Waals surface area (Å²) in [6, 6.07) is 6.41. The van der Waals surface area contributed by atoms with Gasteiger partial charge in [0.1, 0.15) is 0 Å². The molecule has 1 N–H and O–H groups in total. The molecule has 0 aliphatic rings. The van der Waals surface area contributed by atoms with Crippen molar-refractivity contribution >= 4 is 15.8 Å². The molecule has 0 heterocycles. The predicted molar refractivity (Wildman–Crippen MR) is 60.1 cm³/mol. The topological polar surface area (TPSA) is 71.4 Å². The van der Waals surface area contributed by atoms with Crippen LogP contribution in [0, 0.1) is 6.92 Å². The van der Waals surface area contributed by atoms with E-state index in [1.54, 1.807) is 32.0 Å². The summed E-state index contributed by atoms with van der Waals surface area (Å²) in [4.78, 5) is 11.0. The molecule has 1 aromatic carbocycles. The van der Waals surface area contributed by atoms with Crippen LogP contribution in [0.15, 0.2) is 29.2 Å². The molecule has 1 atom stereocenters. The van der Waals surface area contributed by atoms with E-state index in [1.807, 2.05) is 0 Å². The molecule has 0 bridgehead atoms. The third kappa shape index (κ3) is 2.24. The van der Waals surface area contributed by atoms with Crippen LogP contribution in [0.4, 0.5) is 0 Å². The Morgan fingerprint density at radius 1 is 1.38 bits per heavy atom. The summed E-state index contributed by atoms with van der Waals surface area (Å²) >= 11 is 0. The van der Waals surface area contributed by atoms with Crippen LogP contribution in [0.25, 0.3) is 0 Å². The molecule has 1 aromatic rings. The molecule has 0 aromatic heterocycles. The molecular weight excluding hydrogens is 228 g/mol. The van der Waals surface area contributed by atoms with Crippen molar-refractivity contribution in [3.05, 3.63) is 29.8 Å². The minimum Gasteiger partial charge on any atom is -0.480 e. The highest BCUT2D eigenvalue weighted by atomic mass is 32.2. The minimum atomic E-state index is -3.78. The summed E-state index contributed by atoms with van der Waals surface area (Å²) in [5, 5.41) is 7.51. The Morgan fingerprint density at radius 3 is 2.38 bits per heavy atom. The number of aryl methyl sites for hydroxylation is 1. The van der Waals surface area contributed by atoms with Gasteiger partial charge in [0.2, 0.25) is 0 Å². The van der Waals surface area contributed by atoms with Gasteiger partial charge in [-0.05, 0) is 25.0 Å². The Balaban J connectivity index is 3.32. The van der Waals surface area contributed by atoms with E-state index >= 15 is 0 Å². The van der Waals surface area contributed by atoms with E-state index in [2.05, 4.69) is 0 Å². The molecule has 0 radical (unpaired) electrons. The van der Waals surface area contributed by atoms with Gasteiger partial charge in [0.05, 0.1) is 4.90 Å². The van der Waals surface area contributed by atoms with Crippen LogP contribution in [0.5, 0.6) is 0 Å². The molecule has 0 saturated heterocycles. The Kier molecular flexibility index (Phi) is 3.70. The first-order valence-electron chi connectivity index (χ1n) is 4.93. The maximum absolute atomic E-state index is 12.0. The summed E-state index contributed by atoms with van der Waals surface area (Å²) in [7, 11) is -3.78. The van der Waals surface area contributed by atoms with Crippen molar-refractivity contribution in [2.75, 3.05) is 0 Å². The quantitative estimate of drug-likeness (QED) is 0.871. The summed E-state index contributed by atoms with van der Waals surface area (Å²) in [5.74, 6) is -1.30. The largest absolute Gasteiger partial charge is 0.480 e. The molecule has 1 unspecified atom stereocenters. The smallest absolute Gasteiger partial charge is 0.322 e. The minimum absolute atomic E-state index is 0.0615. The van der Waals surface area contributed by atoms with Crippen molar-refractivity contribution in [3.8, 4) is 0 Å². The Morgan fingerprint density at radius 2 is 1.94 bits per heavy atom. The number of rotatable bonds is 4. The van der Waals surface area contributed by atoms with Gasteiger partial charge in [-0.2, -0.15) is 0 Å². The van der Waals surface area contributed by atoms with Gasteiger partial charge in [0, 0.05) is 0 Å². The molecule has 88 valence electrons. The normalized spacial score (nSPS) is 13.4. The van der Waals surface area contributed by atoms with E-state index < -0.39 is 21.1 Å². The average molecular weight is 242 g/mol. The Hall–Kier alpha value is -1.36. The van der Waals surface area contributed by atoms with Crippen molar-refractivity contribution in [2.24, 2.45) is 0 Å². The standard InChI is InChI=1S/C11H14O4S/c1-3-9(11(12)13)16(14,15)10-7-5-4-6-8(10)2/h4-7,9H,3H2,1-2H3,(H,12,13). The van der Waals surface area contributed by atoms with Gasteiger partial charge in [-0.1, -0.05) is 25.1 Å². The highest BCUT2D eigenvalue weighted by Crippen LogP contribution is 2.21. The highest BCUT2D eigenvalue weighted by Gasteiger charge is 2.32. The van der Waals surface area contributed by atoms with Crippen LogP contribution in [-0.2, 0) is 14.6 Å². The monoisotopic (exact) mass is 242 g/mol. The van der Waals surface area contributed by atoms with Crippen LogP contribution in [0.1, 0.15) is 18.9 Å². The molecule has 0 spiro atoms. The predicted octanol–water partition coefficient (Wildman–Crippen LogP) is 1.63. The van der Waals surface area contributed by atoms with E-state index in [9.17, 15) is 13.2 Å². The first-order chi connectivity index (χ1) is 7.41. The first kappa shape index (κ1) is 12.7. The molecule has 1 rings (SSSR count). The lowest BCUT2D eigenvalue weighted by Crippen LogP contribution is -2.29. The molecule has 16 heavy (non-hydrogen) atoms. The summed E-state index contributed by atoms with van der Waals surface area (Å²) in [6.07, 6.45) is 0.0615. The van der Waals surface area contributed by atoms with Crippen molar-refractivity contribution in [1.82, 2.24) is 0 Å². The fourth-order valence-electron chi connectivity index (χ4n) is 1.56. The highest BCUT2D eigenvalue weighted by molar-refractivity contribution is 7.92. The SMILES string of the molecule is CCC(C(=O)O)S(=O)(=O)c1ccccc1C. The van der Waals surface area contributed by atoms with Crippen LogP contribution >= 0.6 is 0 Å². The van der Waals surface area contributed by atoms with Gasteiger partial charge in [-0.15, -0.1) is 0 Å². The lowest BCUT2D eigenvalue weighted by Gasteiger charge is -2.13. The van der Waals surface area contributed by atoms with Crippen molar-refractivity contribution in [2.45, 2.75) is 30.4 Å². The van der Waals surface area contributed by atoms with Crippen LogP contribution < -0.4 is 0 Å². The average Bonchev–Trinajstić information content (AvgIpc) is 2.17. The fraction of sp³-hybridized carbons (Fsp3) is 0.364. The molecule has 0 amide bonds. The summed E-state index contributed by atoms with van der Waals surface area (Å²) < 4.78 is 24.1. The van der Waals surface area contributed by atoms with E-state index in [0.29, 0.717) is 5.56 Å². The zero-order chi connectivity index (χ0) is 12.3. The molecule has 0 fully saturated rings. The molecule has 0 aliphatic heterocycles. The number of carboxylic acids is 1. The third-order valence-corrected chi connectivity index (χ3v) is 4.78. The summed E-state index contributed by atoms with van der Waals surface area (Å²) in [6.45, 7) is 3.20. The van der Waals surface area contributed by atoms with Gasteiger partial charge in [-0.3, -0.25) is 4.79 Å². The number of hydrogen-bond acceptors (Lipinski definition) is 3. The van der Waals surface area contributed by atoms with E-state index in [4.69, 9.17) is 5.11 Å². The van der Waals surface area contributed by atoms with Gasteiger partial charge in [-0.25, -0.2) is 8.42 Å². The molecule has 0 aliphatic carbocycles. The van der Waals surface area contributed by atoms with Crippen LogP contribution in [-0.4, -0.2) is 24.7 Å². The first-order valence-corrected chi connectivity index (χ1v) is 6.48. The van der Waals surface area contributed by atoms with Gasteiger partial charge in [0.15, 0.2) is 15.1 Å². The van der Waals surface area contributed by atoms with Gasteiger partial charge in [0.25, 0.3) is 0 Å². The second kappa shape index (κ2) is 4.65. The van der Waals surface area contributed by atoms with Crippen molar-refractivity contribution in [1.29, 1.82) is 0 Å². The second-order valence-corrected chi connectivity index (χ2v) is 5.64. The molecular formula is C11H14O4S. The number of aliphatic carboxylic acids is 1. The summed E-state index contributed by atoms with van der Waals surface area (Å²) in [5.41, 5.74) is 0.571. The van der Waals surface area contributed by atoms with Crippen LogP contribution in [0.3, 0.4) is 0 Å². The van der Waals surface area contributed by atoms with Crippen LogP contribution in [0.2, 0.25) is 0 Å². The van der Waals surface area contributed by atoms with Crippen molar-refractivity contribution in [3.63, 3.8) is 0 Å². The maximum atomic E-state index is 12.0.